The highest BCUT2D eigenvalue weighted by Gasteiger charge is 2.19. The molecule has 1 aromatic rings. The van der Waals surface area contributed by atoms with Crippen molar-refractivity contribution in [3.8, 4) is 0 Å². The van der Waals surface area contributed by atoms with Crippen molar-refractivity contribution in [2.75, 3.05) is 6.61 Å². The van der Waals surface area contributed by atoms with Gasteiger partial charge in [-0.05, 0) is 24.7 Å². The fourth-order valence-corrected chi connectivity index (χ4v) is 2.78. The van der Waals surface area contributed by atoms with Gasteiger partial charge in [0.1, 0.15) is 0 Å². The zero-order chi connectivity index (χ0) is 15.3. The smallest absolute Gasteiger partial charge is 0.0669 e. The molecule has 0 aliphatic carbocycles. The molecule has 4 nitrogen and oxygen atoms in total. The molecular weight excluding hydrogens is 250 g/mol. The Morgan fingerprint density at radius 1 is 1.25 bits per heavy atom. The summed E-state index contributed by atoms with van der Waals surface area (Å²) in [4.78, 5) is 0. The van der Waals surface area contributed by atoms with E-state index in [0.29, 0.717) is 0 Å². The standard InChI is InChI=1S/C16H31N3O/c1-7-14-13(15(8-2)19(6)18-14)10-17-12(11-20)9-16(3,4)5/h12,17,20H,7-11H2,1-6H3. The molecule has 1 rings (SSSR count). The molecule has 20 heavy (non-hydrogen) atoms. The molecule has 0 spiro atoms. The lowest BCUT2D eigenvalue weighted by molar-refractivity contribution is 0.198. The maximum absolute atomic E-state index is 9.54. The van der Waals surface area contributed by atoms with E-state index in [2.05, 4.69) is 45.0 Å². The van der Waals surface area contributed by atoms with Gasteiger partial charge in [0.2, 0.25) is 0 Å². The average molecular weight is 281 g/mol. The summed E-state index contributed by atoms with van der Waals surface area (Å²) in [6.07, 6.45) is 2.91. The average Bonchev–Trinajstić information content (AvgIpc) is 2.68. The molecule has 0 saturated heterocycles. The Kier molecular flexibility index (Phi) is 6.21. The van der Waals surface area contributed by atoms with Crippen molar-refractivity contribution in [2.45, 2.75) is 66.5 Å². The number of aliphatic hydroxyl groups excluding tert-OH is 1. The fraction of sp³-hybridized carbons (Fsp3) is 0.812. The van der Waals surface area contributed by atoms with Gasteiger partial charge in [-0.15, -0.1) is 0 Å². The van der Waals surface area contributed by atoms with Gasteiger partial charge in [-0.25, -0.2) is 0 Å². The summed E-state index contributed by atoms with van der Waals surface area (Å²) < 4.78 is 1.99. The van der Waals surface area contributed by atoms with Crippen LogP contribution in [0.5, 0.6) is 0 Å². The van der Waals surface area contributed by atoms with Gasteiger partial charge in [-0.1, -0.05) is 34.6 Å². The highest BCUT2D eigenvalue weighted by molar-refractivity contribution is 5.26. The maximum atomic E-state index is 9.54. The normalized spacial score (nSPS) is 13.8. The van der Waals surface area contributed by atoms with E-state index in [1.165, 1.54) is 17.0 Å². The van der Waals surface area contributed by atoms with E-state index < -0.39 is 0 Å². The van der Waals surface area contributed by atoms with E-state index in [4.69, 9.17) is 0 Å². The van der Waals surface area contributed by atoms with Crippen molar-refractivity contribution in [3.63, 3.8) is 0 Å². The molecule has 0 aliphatic heterocycles. The summed E-state index contributed by atoms with van der Waals surface area (Å²) in [6.45, 7) is 11.9. The van der Waals surface area contributed by atoms with Crippen molar-refractivity contribution >= 4 is 0 Å². The second-order valence-electron chi connectivity index (χ2n) is 6.73. The molecule has 1 atom stereocenters. The monoisotopic (exact) mass is 281 g/mol. The van der Waals surface area contributed by atoms with E-state index in [9.17, 15) is 5.11 Å². The van der Waals surface area contributed by atoms with E-state index in [-0.39, 0.29) is 18.1 Å². The Morgan fingerprint density at radius 2 is 1.90 bits per heavy atom. The van der Waals surface area contributed by atoms with Gasteiger partial charge in [0.05, 0.1) is 12.3 Å². The molecule has 116 valence electrons. The lowest BCUT2D eigenvalue weighted by Gasteiger charge is -2.25. The van der Waals surface area contributed by atoms with Gasteiger partial charge in [-0.2, -0.15) is 5.10 Å². The van der Waals surface area contributed by atoms with Crippen molar-refractivity contribution in [1.29, 1.82) is 0 Å². The topological polar surface area (TPSA) is 50.1 Å². The molecule has 0 saturated carbocycles. The van der Waals surface area contributed by atoms with Crippen LogP contribution in [0.3, 0.4) is 0 Å². The van der Waals surface area contributed by atoms with Gasteiger partial charge in [0.25, 0.3) is 0 Å². The van der Waals surface area contributed by atoms with Gasteiger partial charge >= 0.3 is 0 Å². The summed E-state index contributed by atoms with van der Waals surface area (Å²) in [5.74, 6) is 0. The third-order valence-electron chi connectivity index (χ3n) is 3.67. The number of nitrogens with one attached hydrogen (secondary N) is 1. The molecule has 0 aliphatic rings. The number of hydrogen-bond acceptors (Lipinski definition) is 3. The molecule has 1 aromatic heterocycles. The summed E-state index contributed by atoms with van der Waals surface area (Å²) in [5.41, 5.74) is 3.99. The molecule has 0 radical (unpaired) electrons. The van der Waals surface area contributed by atoms with Crippen LogP contribution in [0.4, 0.5) is 0 Å². The summed E-state index contributed by atoms with van der Waals surface area (Å²) in [7, 11) is 2.01. The molecule has 2 N–H and O–H groups in total. The zero-order valence-electron chi connectivity index (χ0n) is 14.0. The number of aryl methyl sites for hydroxylation is 2. The van der Waals surface area contributed by atoms with Crippen LogP contribution in [-0.2, 0) is 26.4 Å². The second-order valence-corrected chi connectivity index (χ2v) is 6.73. The Bertz CT molecular complexity index is 418. The zero-order valence-corrected chi connectivity index (χ0v) is 14.0. The molecule has 1 unspecified atom stereocenters. The first-order chi connectivity index (χ1) is 9.32. The molecule has 0 bridgehead atoms. The predicted octanol–water partition coefficient (Wildman–Crippen LogP) is 2.43. The van der Waals surface area contributed by atoms with Gasteiger partial charge < -0.3 is 10.4 Å². The van der Waals surface area contributed by atoms with Crippen molar-refractivity contribution in [3.05, 3.63) is 17.0 Å². The number of nitrogens with zero attached hydrogens (tertiary/aromatic N) is 2. The van der Waals surface area contributed by atoms with Gasteiger partial charge in [0.15, 0.2) is 0 Å². The fourth-order valence-electron chi connectivity index (χ4n) is 2.78. The van der Waals surface area contributed by atoms with Crippen LogP contribution < -0.4 is 5.32 Å². The number of aliphatic hydroxyl groups is 1. The largest absolute Gasteiger partial charge is 0.395 e. The minimum atomic E-state index is 0.143. The van der Waals surface area contributed by atoms with Crippen molar-refractivity contribution in [1.82, 2.24) is 15.1 Å². The van der Waals surface area contributed by atoms with Crippen LogP contribution in [0.25, 0.3) is 0 Å². The third-order valence-corrected chi connectivity index (χ3v) is 3.67. The second kappa shape index (κ2) is 7.23. The Balaban J connectivity index is 2.77. The first kappa shape index (κ1) is 17.2. The SMILES string of the molecule is CCc1nn(C)c(CC)c1CNC(CO)CC(C)(C)C. The van der Waals surface area contributed by atoms with Gasteiger partial charge in [0, 0.05) is 30.9 Å². The lowest BCUT2D eigenvalue weighted by Crippen LogP contribution is -2.35. The first-order valence-electron chi connectivity index (χ1n) is 7.70. The van der Waals surface area contributed by atoms with Crippen LogP contribution in [0.2, 0.25) is 0 Å². The molecule has 0 amide bonds. The highest BCUT2D eigenvalue weighted by atomic mass is 16.3. The molecule has 0 fully saturated rings. The number of aromatic nitrogens is 2. The summed E-state index contributed by atoms with van der Waals surface area (Å²) in [6, 6.07) is 0.143. The molecule has 1 heterocycles. The van der Waals surface area contributed by atoms with Crippen LogP contribution in [0.1, 0.15) is 58.0 Å². The maximum Gasteiger partial charge on any atom is 0.0669 e. The Hall–Kier alpha value is -0.870. The molecular formula is C16H31N3O. The van der Waals surface area contributed by atoms with E-state index >= 15 is 0 Å². The summed E-state index contributed by atoms with van der Waals surface area (Å²) in [5, 5.41) is 17.6. The van der Waals surface area contributed by atoms with Crippen LogP contribution >= 0.6 is 0 Å². The van der Waals surface area contributed by atoms with E-state index in [1.807, 2.05) is 11.7 Å². The predicted molar refractivity (Wildman–Crippen MR) is 83.7 cm³/mol. The lowest BCUT2D eigenvalue weighted by atomic mass is 9.88. The van der Waals surface area contributed by atoms with Crippen LogP contribution in [0, 0.1) is 5.41 Å². The van der Waals surface area contributed by atoms with Gasteiger partial charge in [-0.3, -0.25) is 4.68 Å². The number of hydrogen-bond donors (Lipinski definition) is 2. The Morgan fingerprint density at radius 3 is 2.35 bits per heavy atom. The third kappa shape index (κ3) is 4.60. The molecule has 0 aromatic carbocycles. The van der Waals surface area contributed by atoms with E-state index in [1.54, 1.807) is 0 Å². The summed E-state index contributed by atoms with van der Waals surface area (Å²) >= 11 is 0. The minimum Gasteiger partial charge on any atom is -0.395 e. The van der Waals surface area contributed by atoms with Crippen LogP contribution in [-0.4, -0.2) is 27.5 Å². The van der Waals surface area contributed by atoms with E-state index in [0.717, 1.165) is 25.8 Å². The van der Waals surface area contributed by atoms with Crippen molar-refractivity contribution in [2.24, 2.45) is 12.5 Å². The molecule has 4 heteroatoms. The Labute approximate surface area is 123 Å². The van der Waals surface area contributed by atoms with Crippen LogP contribution in [0.15, 0.2) is 0 Å². The highest BCUT2D eigenvalue weighted by Crippen LogP contribution is 2.21. The quantitative estimate of drug-likeness (QED) is 0.807. The first-order valence-corrected chi connectivity index (χ1v) is 7.70. The van der Waals surface area contributed by atoms with Crippen molar-refractivity contribution < 1.29 is 5.11 Å². The minimum absolute atomic E-state index is 0.143. The number of rotatable bonds is 7.